The van der Waals surface area contributed by atoms with Crippen LogP contribution in [-0.4, -0.2) is 9.97 Å². The molecule has 2 heterocycles. The second kappa shape index (κ2) is 3.01. The first-order chi connectivity index (χ1) is 6.16. The van der Waals surface area contributed by atoms with E-state index in [1.165, 1.54) is 0 Å². The third kappa shape index (κ3) is 1.53. The molecule has 2 aromatic heterocycles. The maximum absolute atomic E-state index is 5.91. The molecule has 0 saturated carbocycles. The maximum Gasteiger partial charge on any atom is 0.164 e. The summed E-state index contributed by atoms with van der Waals surface area (Å²) in [7, 11) is 0. The molecule has 66 valence electrons. The minimum Gasteiger partial charge on any atom is -0.384 e. The van der Waals surface area contributed by atoms with Crippen molar-refractivity contribution >= 4 is 40.1 Å². The molecular formula is C8H5Cl2N3. The Kier molecular flexibility index (Phi) is 1.98. The van der Waals surface area contributed by atoms with Gasteiger partial charge in [-0.3, -0.25) is 0 Å². The number of halogens is 2. The van der Waals surface area contributed by atoms with Crippen LogP contribution in [0.15, 0.2) is 18.2 Å². The highest BCUT2D eigenvalue weighted by atomic mass is 35.5. The quantitative estimate of drug-likeness (QED) is 0.685. The predicted octanol–water partition coefficient (Wildman–Crippen LogP) is 2.52. The normalized spacial score (nSPS) is 10.6. The molecule has 0 atom stereocenters. The molecule has 0 aliphatic carbocycles. The van der Waals surface area contributed by atoms with Crippen LogP contribution in [0.25, 0.3) is 11.0 Å². The van der Waals surface area contributed by atoms with Gasteiger partial charge in [0.05, 0.1) is 5.02 Å². The Labute approximate surface area is 84.5 Å². The number of hydrogen-bond donors (Lipinski definition) is 1. The number of nitrogens with zero attached hydrogens (tertiary/aromatic N) is 2. The molecule has 2 rings (SSSR count). The molecule has 0 radical (unpaired) electrons. The Morgan fingerprint density at radius 1 is 1.15 bits per heavy atom. The first-order valence-electron chi connectivity index (χ1n) is 3.55. The monoisotopic (exact) mass is 213 g/mol. The Balaban J connectivity index is 2.86. The Morgan fingerprint density at radius 2 is 1.92 bits per heavy atom. The summed E-state index contributed by atoms with van der Waals surface area (Å²) >= 11 is 11.6. The SMILES string of the molecule is Nc1ccc2c(Cl)cc(Cl)nc2n1. The van der Waals surface area contributed by atoms with Crippen LogP contribution in [0.1, 0.15) is 0 Å². The van der Waals surface area contributed by atoms with Crippen LogP contribution in [0.5, 0.6) is 0 Å². The van der Waals surface area contributed by atoms with Gasteiger partial charge in [-0.05, 0) is 18.2 Å². The van der Waals surface area contributed by atoms with Gasteiger partial charge in [0.25, 0.3) is 0 Å². The zero-order chi connectivity index (χ0) is 9.42. The number of nitrogen functional groups attached to an aromatic ring is 1. The summed E-state index contributed by atoms with van der Waals surface area (Å²) in [6.07, 6.45) is 0. The highest BCUT2D eigenvalue weighted by Gasteiger charge is 2.03. The lowest BCUT2D eigenvalue weighted by Gasteiger charge is -2.00. The number of rotatable bonds is 0. The molecule has 0 spiro atoms. The van der Waals surface area contributed by atoms with Gasteiger partial charge in [0.1, 0.15) is 11.0 Å². The van der Waals surface area contributed by atoms with E-state index in [9.17, 15) is 0 Å². The van der Waals surface area contributed by atoms with Gasteiger partial charge in [0, 0.05) is 5.39 Å². The second-order valence-corrected chi connectivity index (χ2v) is 3.33. The summed E-state index contributed by atoms with van der Waals surface area (Å²) in [5.41, 5.74) is 5.96. The minimum atomic E-state index is 0.315. The Hall–Kier alpha value is -1.06. The zero-order valence-electron chi connectivity index (χ0n) is 6.46. The largest absolute Gasteiger partial charge is 0.384 e. The fraction of sp³-hybridized carbons (Fsp3) is 0. The number of fused-ring (bicyclic) bond motifs is 1. The molecule has 0 amide bonds. The van der Waals surface area contributed by atoms with Crippen molar-refractivity contribution < 1.29 is 0 Å². The van der Waals surface area contributed by atoms with E-state index in [2.05, 4.69) is 9.97 Å². The van der Waals surface area contributed by atoms with Gasteiger partial charge >= 0.3 is 0 Å². The molecule has 0 unspecified atom stereocenters. The van der Waals surface area contributed by atoms with E-state index >= 15 is 0 Å². The average molecular weight is 214 g/mol. The molecule has 0 fully saturated rings. The van der Waals surface area contributed by atoms with Gasteiger partial charge in [-0.25, -0.2) is 9.97 Å². The smallest absolute Gasteiger partial charge is 0.164 e. The van der Waals surface area contributed by atoms with Crippen LogP contribution in [-0.2, 0) is 0 Å². The van der Waals surface area contributed by atoms with Crippen LogP contribution >= 0.6 is 23.2 Å². The predicted molar refractivity (Wildman–Crippen MR) is 54.0 cm³/mol. The molecule has 13 heavy (non-hydrogen) atoms. The third-order valence-corrected chi connectivity index (χ3v) is 2.12. The summed E-state index contributed by atoms with van der Waals surface area (Å²) in [4.78, 5) is 7.98. The Morgan fingerprint density at radius 3 is 2.69 bits per heavy atom. The Bertz CT molecular complexity index is 465. The highest BCUT2D eigenvalue weighted by Crippen LogP contribution is 2.24. The summed E-state index contributed by atoms with van der Waals surface area (Å²) in [6, 6.07) is 5.01. The number of anilines is 1. The van der Waals surface area contributed by atoms with Crippen molar-refractivity contribution in [2.45, 2.75) is 0 Å². The van der Waals surface area contributed by atoms with Gasteiger partial charge in [0.15, 0.2) is 5.65 Å². The number of pyridine rings is 2. The lowest BCUT2D eigenvalue weighted by molar-refractivity contribution is 1.29. The number of nitrogens with two attached hydrogens (primary N) is 1. The molecule has 2 N–H and O–H groups in total. The third-order valence-electron chi connectivity index (χ3n) is 1.61. The lowest BCUT2D eigenvalue weighted by atomic mass is 10.3. The number of hydrogen-bond acceptors (Lipinski definition) is 3. The topological polar surface area (TPSA) is 51.8 Å². The van der Waals surface area contributed by atoms with E-state index in [0.29, 0.717) is 21.6 Å². The van der Waals surface area contributed by atoms with Crippen molar-refractivity contribution in [2.24, 2.45) is 0 Å². The molecule has 5 heteroatoms. The standard InChI is InChI=1S/C8H5Cl2N3/c9-5-3-6(10)12-8-4(5)1-2-7(11)13-8/h1-3H,(H2,11,12,13). The molecular weight excluding hydrogens is 209 g/mol. The first kappa shape index (κ1) is 8.53. The van der Waals surface area contributed by atoms with Gasteiger partial charge in [-0.2, -0.15) is 0 Å². The van der Waals surface area contributed by atoms with Crippen LogP contribution in [0, 0.1) is 0 Å². The van der Waals surface area contributed by atoms with Crippen LogP contribution in [0.4, 0.5) is 5.82 Å². The van der Waals surface area contributed by atoms with Crippen LogP contribution < -0.4 is 5.73 Å². The molecule has 0 saturated heterocycles. The molecule has 2 aromatic rings. The van der Waals surface area contributed by atoms with Gasteiger partial charge in [-0.1, -0.05) is 23.2 Å². The zero-order valence-corrected chi connectivity index (χ0v) is 7.97. The van der Waals surface area contributed by atoms with Crippen LogP contribution in [0.2, 0.25) is 10.2 Å². The minimum absolute atomic E-state index is 0.315. The van der Waals surface area contributed by atoms with E-state index in [1.54, 1.807) is 18.2 Å². The molecule has 3 nitrogen and oxygen atoms in total. The fourth-order valence-corrected chi connectivity index (χ4v) is 1.55. The van der Waals surface area contributed by atoms with Gasteiger partial charge in [0.2, 0.25) is 0 Å². The van der Waals surface area contributed by atoms with E-state index in [-0.39, 0.29) is 0 Å². The number of aromatic nitrogens is 2. The highest BCUT2D eigenvalue weighted by molar-refractivity contribution is 6.37. The van der Waals surface area contributed by atoms with Gasteiger partial charge < -0.3 is 5.73 Å². The van der Waals surface area contributed by atoms with Crippen LogP contribution in [0.3, 0.4) is 0 Å². The average Bonchev–Trinajstić information content (AvgIpc) is 2.02. The van der Waals surface area contributed by atoms with Crippen molar-refractivity contribution in [1.29, 1.82) is 0 Å². The van der Waals surface area contributed by atoms with E-state index in [1.807, 2.05) is 0 Å². The summed E-state index contributed by atoms with van der Waals surface area (Å²) < 4.78 is 0. The summed E-state index contributed by atoms with van der Waals surface area (Å²) in [5, 5.41) is 1.60. The molecule has 0 aliphatic heterocycles. The first-order valence-corrected chi connectivity index (χ1v) is 4.31. The van der Waals surface area contributed by atoms with Crippen molar-refractivity contribution in [3.05, 3.63) is 28.4 Å². The van der Waals surface area contributed by atoms with Crippen molar-refractivity contribution in [3.8, 4) is 0 Å². The molecule has 0 aliphatic rings. The van der Waals surface area contributed by atoms with Crippen molar-refractivity contribution in [3.63, 3.8) is 0 Å². The van der Waals surface area contributed by atoms with Crippen molar-refractivity contribution in [1.82, 2.24) is 9.97 Å². The lowest BCUT2D eigenvalue weighted by Crippen LogP contribution is -1.92. The van der Waals surface area contributed by atoms with Gasteiger partial charge in [-0.15, -0.1) is 0 Å². The summed E-state index contributed by atoms with van der Waals surface area (Å²) in [5.74, 6) is 0.401. The van der Waals surface area contributed by atoms with Crippen molar-refractivity contribution in [2.75, 3.05) is 5.73 Å². The fourth-order valence-electron chi connectivity index (χ4n) is 1.05. The maximum atomic E-state index is 5.91. The molecule has 0 aromatic carbocycles. The van der Waals surface area contributed by atoms with E-state index in [0.717, 1.165) is 5.39 Å². The summed E-state index contributed by atoms with van der Waals surface area (Å²) in [6.45, 7) is 0. The van der Waals surface area contributed by atoms with E-state index in [4.69, 9.17) is 28.9 Å². The molecule has 0 bridgehead atoms. The van der Waals surface area contributed by atoms with E-state index < -0.39 is 0 Å². The second-order valence-electron chi connectivity index (χ2n) is 2.53.